The molecule has 1 atom stereocenters. The Morgan fingerprint density at radius 1 is 0.850 bits per heavy atom. The minimum Gasteiger partial charge on any atom is -0.378 e. The molecule has 1 aliphatic rings. The van der Waals surface area contributed by atoms with Crippen LogP contribution in [0.15, 0.2) is 84.9 Å². The summed E-state index contributed by atoms with van der Waals surface area (Å²) in [4.78, 5) is 31.8. The average Bonchev–Trinajstić information content (AvgIpc) is 3.32. The molecule has 3 aromatic carbocycles. The highest BCUT2D eigenvalue weighted by molar-refractivity contribution is 6.03. The number of aromatic nitrogens is 1. The number of fused-ring (bicyclic) bond motifs is 3. The van der Waals surface area contributed by atoms with E-state index in [1.807, 2.05) is 88.3 Å². The number of rotatable bonds is 5. The molecule has 6 heteroatoms. The lowest BCUT2D eigenvalue weighted by Crippen LogP contribution is -2.50. The molecule has 1 unspecified atom stereocenters. The van der Waals surface area contributed by atoms with Crippen LogP contribution in [0.1, 0.15) is 50.1 Å². The van der Waals surface area contributed by atoms with Crippen LogP contribution in [0.5, 0.6) is 0 Å². The van der Waals surface area contributed by atoms with Crippen molar-refractivity contribution in [1.82, 2.24) is 9.88 Å². The van der Waals surface area contributed by atoms with Gasteiger partial charge < -0.3 is 14.8 Å². The van der Waals surface area contributed by atoms with E-state index in [2.05, 4.69) is 53.2 Å². The summed E-state index contributed by atoms with van der Waals surface area (Å²) in [5, 5.41) is 3.15. The Hall–Kier alpha value is -4.32. The van der Waals surface area contributed by atoms with Gasteiger partial charge in [-0.1, -0.05) is 54.1 Å². The summed E-state index contributed by atoms with van der Waals surface area (Å²) >= 11 is 0. The summed E-state index contributed by atoms with van der Waals surface area (Å²) in [6, 6.07) is 27.7. The summed E-state index contributed by atoms with van der Waals surface area (Å²) in [5.74, 6) is -0.289. The fourth-order valence-electron chi connectivity index (χ4n) is 5.35. The fourth-order valence-corrected chi connectivity index (χ4v) is 5.35. The Balaban J connectivity index is 1.70. The van der Waals surface area contributed by atoms with E-state index in [1.54, 1.807) is 4.90 Å². The van der Waals surface area contributed by atoms with E-state index in [0.717, 1.165) is 33.9 Å². The molecule has 0 radical (unpaired) electrons. The van der Waals surface area contributed by atoms with Gasteiger partial charge in [0.15, 0.2) is 0 Å². The van der Waals surface area contributed by atoms with E-state index in [1.165, 1.54) is 5.56 Å². The van der Waals surface area contributed by atoms with Gasteiger partial charge in [0.05, 0.1) is 17.1 Å². The lowest BCUT2D eigenvalue weighted by molar-refractivity contribution is -0.127. The summed E-state index contributed by atoms with van der Waals surface area (Å²) in [7, 11) is 3.97. The van der Waals surface area contributed by atoms with E-state index in [4.69, 9.17) is 0 Å². The maximum Gasteiger partial charge on any atom is 0.248 e. The van der Waals surface area contributed by atoms with E-state index < -0.39 is 11.6 Å². The zero-order valence-corrected chi connectivity index (χ0v) is 24.2. The van der Waals surface area contributed by atoms with Gasteiger partial charge in [-0.25, -0.2) is 0 Å². The second kappa shape index (κ2) is 10.7. The summed E-state index contributed by atoms with van der Waals surface area (Å²) in [5.41, 5.74) is 7.36. The van der Waals surface area contributed by atoms with Crippen molar-refractivity contribution >= 4 is 23.2 Å². The van der Waals surface area contributed by atoms with Crippen LogP contribution in [0.2, 0.25) is 0 Å². The maximum atomic E-state index is 14.0. The molecule has 1 aliphatic heterocycles. The number of aryl methyl sites for hydroxylation is 2. The lowest BCUT2D eigenvalue weighted by Gasteiger charge is -2.36. The first-order chi connectivity index (χ1) is 19.0. The number of amides is 2. The van der Waals surface area contributed by atoms with Crippen molar-refractivity contribution in [3.05, 3.63) is 102 Å². The van der Waals surface area contributed by atoms with Crippen LogP contribution in [-0.2, 0) is 16.0 Å². The normalized spacial score (nSPS) is 14.1. The molecular formula is C34H38N4O2. The van der Waals surface area contributed by atoms with Gasteiger partial charge in [-0.05, 0) is 81.6 Å². The lowest BCUT2D eigenvalue weighted by atomic mass is 9.98. The van der Waals surface area contributed by atoms with Crippen molar-refractivity contribution in [3.63, 3.8) is 0 Å². The molecule has 0 aliphatic carbocycles. The second-order valence-electron chi connectivity index (χ2n) is 11.8. The standard InChI is InChI=1S/C34H38N4O2/c1-23-11-13-24(14-12-23)28-21-19-27-20-22-31(39)38(30-10-8-7-9-29(30)37(27)28)32(33(40)35-34(2,3)4)25-15-17-26(18-16-25)36(5)6/h7-19,21,32H,20,22H2,1-6H3,(H,35,40). The molecule has 40 heavy (non-hydrogen) atoms. The minimum absolute atomic E-state index is 0.0810. The summed E-state index contributed by atoms with van der Waals surface area (Å²) < 4.78 is 2.24. The van der Waals surface area contributed by atoms with E-state index in [9.17, 15) is 9.59 Å². The number of anilines is 2. The Morgan fingerprint density at radius 2 is 1.50 bits per heavy atom. The van der Waals surface area contributed by atoms with E-state index in [0.29, 0.717) is 18.5 Å². The van der Waals surface area contributed by atoms with Gasteiger partial charge in [0.2, 0.25) is 11.8 Å². The molecule has 6 nitrogen and oxygen atoms in total. The monoisotopic (exact) mass is 534 g/mol. The molecule has 0 bridgehead atoms. The van der Waals surface area contributed by atoms with Crippen LogP contribution in [0.25, 0.3) is 16.9 Å². The quantitative estimate of drug-likeness (QED) is 0.320. The molecule has 0 spiro atoms. The molecule has 0 saturated carbocycles. The number of carbonyl (C=O) groups is 2. The summed E-state index contributed by atoms with van der Waals surface area (Å²) in [6.45, 7) is 7.96. The maximum absolute atomic E-state index is 14.0. The third-order valence-electron chi connectivity index (χ3n) is 7.28. The van der Waals surface area contributed by atoms with Crippen molar-refractivity contribution in [2.45, 2.75) is 52.1 Å². The van der Waals surface area contributed by atoms with Crippen molar-refractivity contribution in [2.75, 3.05) is 23.9 Å². The topological polar surface area (TPSA) is 57.6 Å². The number of para-hydroxylation sites is 2. The Morgan fingerprint density at radius 3 is 2.12 bits per heavy atom. The van der Waals surface area contributed by atoms with Crippen molar-refractivity contribution < 1.29 is 9.59 Å². The highest BCUT2D eigenvalue weighted by Crippen LogP contribution is 2.39. The van der Waals surface area contributed by atoms with Crippen LogP contribution in [0.4, 0.5) is 11.4 Å². The molecule has 2 heterocycles. The molecule has 206 valence electrons. The first-order valence-electron chi connectivity index (χ1n) is 13.8. The van der Waals surface area contributed by atoms with Crippen LogP contribution in [0, 0.1) is 6.92 Å². The number of benzene rings is 3. The van der Waals surface area contributed by atoms with Crippen LogP contribution >= 0.6 is 0 Å². The van der Waals surface area contributed by atoms with Gasteiger partial charge in [-0.15, -0.1) is 0 Å². The molecule has 5 rings (SSSR count). The van der Waals surface area contributed by atoms with Gasteiger partial charge in [0.25, 0.3) is 0 Å². The third-order valence-corrected chi connectivity index (χ3v) is 7.28. The average molecular weight is 535 g/mol. The Labute approximate surface area is 237 Å². The minimum atomic E-state index is -0.830. The number of hydrogen-bond donors (Lipinski definition) is 1. The van der Waals surface area contributed by atoms with Crippen molar-refractivity contribution in [3.8, 4) is 16.9 Å². The number of nitrogens with zero attached hydrogens (tertiary/aromatic N) is 3. The third kappa shape index (κ3) is 5.39. The zero-order valence-electron chi connectivity index (χ0n) is 24.2. The van der Waals surface area contributed by atoms with Gasteiger partial charge in [-0.3, -0.25) is 14.5 Å². The number of nitrogens with one attached hydrogen (secondary N) is 1. The van der Waals surface area contributed by atoms with Gasteiger partial charge in [0, 0.05) is 37.4 Å². The van der Waals surface area contributed by atoms with Crippen molar-refractivity contribution in [2.24, 2.45) is 0 Å². The van der Waals surface area contributed by atoms with Crippen molar-refractivity contribution in [1.29, 1.82) is 0 Å². The second-order valence-corrected chi connectivity index (χ2v) is 11.8. The van der Waals surface area contributed by atoms with Crippen LogP contribution in [0.3, 0.4) is 0 Å². The van der Waals surface area contributed by atoms with E-state index in [-0.39, 0.29) is 11.8 Å². The highest BCUT2D eigenvalue weighted by atomic mass is 16.2. The highest BCUT2D eigenvalue weighted by Gasteiger charge is 2.37. The number of carbonyl (C=O) groups excluding carboxylic acids is 2. The van der Waals surface area contributed by atoms with Gasteiger partial charge in [0.1, 0.15) is 6.04 Å². The zero-order chi connectivity index (χ0) is 28.6. The molecule has 1 N–H and O–H groups in total. The Bertz CT molecular complexity index is 1530. The number of hydrogen-bond acceptors (Lipinski definition) is 3. The molecular weight excluding hydrogens is 496 g/mol. The SMILES string of the molecule is Cc1ccc(-c2ccc3n2-c2ccccc2N(C(C(=O)NC(C)(C)C)c2ccc(N(C)C)cc2)C(=O)CC3)cc1. The molecule has 4 aromatic rings. The first kappa shape index (κ1) is 27.3. The van der Waals surface area contributed by atoms with Crippen LogP contribution < -0.4 is 15.1 Å². The fraction of sp³-hybridized carbons (Fsp3) is 0.294. The Kier molecular flexibility index (Phi) is 7.28. The van der Waals surface area contributed by atoms with Crippen LogP contribution in [-0.4, -0.2) is 36.0 Å². The predicted molar refractivity (Wildman–Crippen MR) is 163 cm³/mol. The molecule has 2 amide bonds. The molecule has 0 fully saturated rings. The largest absolute Gasteiger partial charge is 0.378 e. The van der Waals surface area contributed by atoms with Gasteiger partial charge >= 0.3 is 0 Å². The van der Waals surface area contributed by atoms with Gasteiger partial charge in [-0.2, -0.15) is 0 Å². The smallest absolute Gasteiger partial charge is 0.248 e. The predicted octanol–water partition coefficient (Wildman–Crippen LogP) is 6.45. The molecule has 1 aromatic heterocycles. The van der Waals surface area contributed by atoms with E-state index >= 15 is 0 Å². The molecule has 0 saturated heterocycles. The first-order valence-corrected chi connectivity index (χ1v) is 13.8. The summed E-state index contributed by atoms with van der Waals surface area (Å²) in [6.07, 6.45) is 0.865.